The number of fused-ring (bicyclic) bond motifs is 1. The third-order valence-corrected chi connectivity index (χ3v) is 5.01. The van der Waals surface area contributed by atoms with Crippen molar-refractivity contribution in [2.45, 2.75) is 25.8 Å². The van der Waals surface area contributed by atoms with Gasteiger partial charge in [0.2, 0.25) is 0 Å². The summed E-state index contributed by atoms with van der Waals surface area (Å²) in [5.74, 6) is -1.17. The first-order valence-corrected chi connectivity index (χ1v) is 10.0. The van der Waals surface area contributed by atoms with Crippen LogP contribution in [0.25, 0.3) is 10.8 Å². The average Bonchev–Trinajstić information content (AvgIpc) is 2.76. The van der Waals surface area contributed by atoms with Crippen molar-refractivity contribution in [1.29, 1.82) is 0 Å². The molecule has 1 amide bonds. The van der Waals surface area contributed by atoms with Crippen LogP contribution in [0.15, 0.2) is 66.7 Å². The Morgan fingerprint density at radius 3 is 2.40 bits per heavy atom. The standard InChI is InChI=1S/C24H22ClNO4/c1-16(20-8-4-6-17-5-2-3-7-21(17)20)26-23(28)15-30-24(29)14-13-22(27)18-9-11-19(25)12-10-18/h2-12,16H,13-15H2,1H3,(H,26,28). The Morgan fingerprint density at radius 1 is 0.933 bits per heavy atom. The summed E-state index contributed by atoms with van der Waals surface area (Å²) in [6, 6.07) is 20.1. The van der Waals surface area contributed by atoms with Gasteiger partial charge in [-0.15, -0.1) is 0 Å². The monoisotopic (exact) mass is 423 g/mol. The zero-order chi connectivity index (χ0) is 21.5. The normalized spacial score (nSPS) is 11.7. The molecule has 1 atom stereocenters. The van der Waals surface area contributed by atoms with Crippen LogP contribution in [0.2, 0.25) is 5.02 Å². The van der Waals surface area contributed by atoms with E-state index in [1.165, 1.54) is 0 Å². The van der Waals surface area contributed by atoms with E-state index in [1.807, 2.05) is 49.4 Å². The Morgan fingerprint density at radius 2 is 1.63 bits per heavy atom. The SMILES string of the molecule is CC(NC(=O)COC(=O)CCC(=O)c1ccc(Cl)cc1)c1cccc2ccccc12. The van der Waals surface area contributed by atoms with Crippen LogP contribution >= 0.6 is 11.6 Å². The second-order valence-corrected chi connectivity index (χ2v) is 7.38. The largest absolute Gasteiger partial charge is 0.456 e. The first-order chi connectivity index (χ1) is 14.4. The molecule has 1 N–H and O–H groups in total. The molecule has 0 heterocycles. The molecule has 0 saturated carbocycles. The van der Waals surface area contributed by atoms with Crippen LogP contribution in [0.3, 0.4) is 0 Å². The van der Waals surface area contributed by atoms with E-state index >= 15 is 0 Å². The topological polar surface area (TPSA) is 72.5 Å². The van der Waals surface area contributed by atoms with Crippen LogP contribution in [0.4, 0.5) is 0 Å². The molecule has 154 valence electrons. The Bertz CT molecular complexity index is 1060. The molecule has 0 aliphatic rings. The maximum atomic E-state index is 12.2. The van der Waals surface area contributed by atoms with Gasteiger partial charge in [-0.3, -0.25) is 14.4 Å². The molecule has 3 rings (SSSR count). The molecule has 5 nitrogen and oxygen atoms in total. The molecule has 0 radical (unpaired) electrons. The summed E-state index contributed by atoms with van der Waals surface area (Å²) in [5.41, 5.74) is 1.47. The van der Waals surface area contributed by atoms with Gasteiger partial charge < -0.3 is 10.1 Å². The minimum Gasteiger partial charge on any atom is -0.456 e. The fourth-order valence-corrected chi connectivity index (χ4v) is 3.33. The third-order valence-electron chi connectivity index (χ3n) is 4.75. The number of halogens is 1. The number of hydrogen-bond donors (Lipinski definition) is 1. The fraction of sp³-hybridized carbons (Fsp3) is 0.208. The first-order valence-electron chi connectivity index (χ1n) is 9.65. The maximum absolute atomic E-state index is 12.2. The lowest BCUT2D eigenvalue weighted by Gasteiger charge is -2.16. The molecule has 0 bridgehead atoms. The number of ketones is 1. The van der Waals surface area contributed by atoms with Crippen molar-refractivity contribution in [2.24, 2.45) is 0 Å². The minimum atomic E-state index is -0.592. The van der Waals surface area contributed by atoms with Crippen LogP contribution in [0.5, 0.6) is 0 Å². The molecular formula is C24H22ClNO4. The maximum Gasteiger partial charge on any atom is 0.306 e. The van der Waals surface area contributed by atoms with Gasteiger partial charge in [0.15, 0.2) is 12.4 Å². The number of rotatable bonds is 8. The highest BCUT2D eigenvalue weighted by Crippen LogP contribution is 2.24. The lowest BCUT2D eigenvalue weighted by atomic mass is 10.00. The highest BCUT2D eigenvalue weighted by Gasteiger charge is 2.15. The smallest absolute Gasteiger partial charge is 0.306 e. The van der Waals surface area contributed by atoms with E-state index in [4.69, 9.17) is 16.3 Å². The van der Waals surface area contributed by atoms with Gasteiger partial charge in [-0.05, 0) is 47.5 Å². The first kappa shape index (κ1) is 21.5. The van der Waals surface area contributed by atoms with Crippen LogP contribution in [-0.4, -0.2) is 24.3 Å². The zero-order valence-electron chi connectivity index (χ0n) is 16.6. The number of carbonyl (C=O) groups excluding carboxylic acids is 3. The number of Topliss-reactive ketones (excluding diaryl/α,β-unsaturated/α-hetero) is 1. The molecule has 30 heavy (non-hydrogen) atoms. The number of ether oxygens (including phenoxy) is 1. The molecule has 0 aliphatic carbocycles. The molecule has 3 aromatic carbocycles. The van der Waals surface area contributed by atoms with E-state index in [9.17, 15) is 14.4 Å². The van der Waals surface area contributed by atoms with E-state index in [-0.39, 0.29) is 31.3 Å². The molecule has 0 spiro atoms. The summed E-state index contributed by atoms with van der Waals surface area (Å²) in [6.07, 6.45) is -0.0812. The number of nitrogens with one attached hydrogen (secondary N) is 1. The van der Waals surface area contributed by atoms with Crippen molar-refractivity contribution >= 4 is 40.0 Å². The Hall–Kier alpha value is -3.18. The second-order valence-electron chi connectivity index (χ2n) is 6.95. The second kappa shape index (κ2) is 10.0. The van der Waals surface area contributed by atoms with Gasteiger partial charge in [0.25, 0.3) is 5.91 Å². The van der Waals surface area contributed by atoms with Crippen molar-refractivity contribution in [3.63, 3.8) is 0 Å². The lowest BCUT2D eigenvalue weighted by Crippen LogP contribution is -2.31. The number of carbonyl (C=O) groups is 3. The molecule has 1 unspecified atom stereocenters. The van der Waals surface area contributed by atoms with E-state index in [1.54, 1.807) is 24.3 Å². The Labute approximate surface area is 180 Å². The predicted octanol–water partition coefficient (Wildman–Crippen LogP) is 4.88. The van der Waals surface area contributed by atoms with Gasteiger partial charge in [0.1, 0.15) is 0 Å². The van der Waals surface area contributed by atoms with E-state index in [0.29, 0.717) is 10.6 Å². The lowest BCUT2D eigenvalue weighted by molar-refractivity contribution is -0.148. The molecule has 0 aliphatic heterocycles. The van der Waals surface area contributed by atoms with Crippen LogP contribution in [0.1, 0.15) is 41.7 Å². The Balaban J connectivity index is 1.46. The third kappa shape index (κ3) is 5.67. The number of hydrogen-bond acceptors (Lipinski definition) is 4. The van der Waals surface area contributed by atoms with Gasteiger partial charge >= 0.3 is 5.97 Å². The van der Waals surface area contributed by atoms with Gasteiger partial charge in [0, 0.05) is 17.0 Å². The predicted molar refractivity (Wildman–Crippen MR) is 116 cm³/mol. The van der Waals surface area contributed by atoms with Crippen molar-refractivity contribution in [1.82, 2.24) is 5.32 Å². The average molecular weight is 424 g/mol. The molecule has 0 fully saturated rings. The summed E-state index contributed by atoms with van der Waals surface area (Å²) < 4.78 is 5.01. The summed E-state index contributed by atoms with van der Waals surface area (Å²) in [7, 11) is 0. The molecule has 6 heteroatoms. The van der Waals surface area contributed by atoms with Crippen LogP contribution in [0, 0.1) is 0 Å². The zero-order valence-corrected chi connectivity index (χ0v) is 17.3. The van der Waals surface area contributed by atoms with E-state index in [2.05, 4.69) is 5.32 Å². The summed E-state index contributed by atoms with van der Waals surface area (Å²) in [5, 5.41) is 5.53. The van der Waals surface area contributed by atoms with Crippen LogP contribution in [-0.2, 0) is 14.3 Å². The van der Waals surface area contributed by atoms with Crippen molar-refractivity contribution < 1.29 is 19.1 Å². The van der Waals surface area contributed by atoms with Gasteiger partial charge in [0.05, 0.1) is 12.5 Å². The van der Waals surface area contributed by atoms with E-state index in [0.717, 1.165) is 16.3 Å². The van der Waals surface area contributed by atoms with Crippen molar-refractivity contribution in [2.75, 3.05) is 6.61 Å². The number of amides is 1. The summed E-state index contributed by atoms with van der Waals surface area (Å²) >= 11 is 5.80. The van der Waals surface area contributed by atoms with Gasteiger partial charge in [-0.1, -0.05) is 54.1 Å². The van der Waals surface area contributed by atoms with Gasteiger partial charge in [-0.25, -0.2) is 0 Å². The quantitative estimate of drug-likeness (QED) is 0.414. The molecule has 3 aromatic rings. The van der Waals surface area contributed by atoms with Crippen LogP contribution < -0.4 is 5.32 Å². The van der Waals surface area contributed by atoms with E-state index < -0.39 is 11.9 Å². The summed E-state index contributed by atoms with van der Waals surface area (Å²) in [6.45, 7) is 1.50. The minimum absolute atomic E-state index is 0.00842. The highest BCUT2D eigenvalue weighted by atomic mass is 35.5. The molecule has 0 saturated heterocycles. The number of benzene rings is 3. The number of esters is 1. The van der Waals surface area contributed by atoms with Crippen molar-refractivity contribution in [3.05, 3.63) is 82.9 Å². The highest BCUT2D eigenvalue weighted by molar-refractivity contribution is 6.30. The Kier molecular flexibility index (Phi) is 7.20. The molecular weight excluding hydrogens is 402 g/mol. The fourth-order valence-electron chi connectivity index (χ4n) is 3.20. The van der Waals surface area contributed by atoms with Gasteiger partial charge in [-0.2, -0.15) is 0 Å². The summed E-state index contributed by atoms with van der Waals surface area (Å²) in [4.78, 5) is 36.2. The van der Waals surface area contributed by atoms with Crippen molar-refractivity contribution in [3.8, 4) is 0 Å². The molecule has 0 aromatic heterocycles.